The lowest BCUT2D eigenvalue weighted by atomic mass is 9.78. The molecule has 0 aromatic rings. The lowest BCUT2D eigenvalue weighted by Crippen LogP contribution is -2.26. The monoisotopic (exact) mass is 251 g/mol. The van der Waals surface area contributed by atoms with Crippen molar-refractivity contribution >= 4 is 0 Å². The Morgan fingerprint density at radius 2 is 2.06 bits per heavy atom. The van der Waals surface area contributed by atoms with Crippen LogP contribution in [0.2, 0.25) is 0 Å². The summed E-state index contributed by atoms with van der Waals surface area (Å²) in [5.74, 6) is 1.00. The van der Waals surface area contributed by atoms with Gasteiger partial charge in [-0.3, -0.25) is 0 Å². The highest BCUT2D eigenvalue weighted by molar-refractivity contribution is 4.88. The summed E-state index contributed by atoms with van der Waals surface area (Å²) in [5, 5.41) is 9.05. The van der Waals surface area contributed by atoms with Crippen LogP contribution in [0.25, 0.3) is 0 Å². The van der Waals surface area contributed by atoms with Crippen molar-refractivity contribution in [1.82, 2.24) is 0 Å². The van der Waals surface area contributed by atoms with E-state index in [4.69, 9.17) is 10.00 Å². The maximum absolute atomic E-state index is 9.05. The van der Waals surface area contributed by atoms with Gasteiger partial charge in [-0.15, -0.1) is 0 Å². The normalized spacial score (nSPS) is 18.3. The third-order valence-corrected chi connectivity index (χ3v) is 4.27. The molecule has 1 fully saturated rings. The topological polar surface area (TPSA) is 33.0 Å². The fourth-order valence-corrected chi connectivity index (χ4v) is 2.49. The van der Waals surface area contributed by atoms with Gasteiger partial charge in [-0.2, -0.15) is 5.26 Å². The Kier molecular flexibility index (Phi) is 7.35. The number of hydrogen-bond acceptors (Lipinski definition) is 2. The molecule has 1 atom stereocenters. The van der Waals surface area contributed by atoms with E-state index >= 15 is 0 Å². The zero-order valence-electron chi connectivity index (χ0n) is 12.2. The standard InChI is InChI=1S/C16H29NO/c1-3-5-13-18-14-16(4-2,11-12-17)10-6-7-15-8-9-15/h15H,3-11,13-14H2,1-2H3. The van der Waals surface area contributed by atoms with Crippen LogP contribution in [0.5, 0.6) is 0 Å². The molecule has 0 heterocycles. The highest BCUT2D eigenvalue weighted by Crippen LogP contribution is 2.38. The number of nitrogens with zero attached hydrogens (tertiary/aromatic N) is 1. The van der Waals surface area contributed by atoms with E-state index in [2.05, 4.69) is 19.9 Å². The van der Waals surface area contributed by atoms with Crippen molar-refractivity contribution in [1.29, 1.82) is 5.26 Å². The fourth-order valence-electron chi connectivity index (χ4n) is 2.49. The molecule has 1 rings (SSSR count). The summed E-state index contributed by atoms with van der Waals surface area (Å²) >= 11 is 0. The lowest BCUT2D eigenvalue weighted by molar-refractivity contribution is 0.0343. The summed E-state index contributed by atoms with van der Waals surface area (Å²) in [6, 6.07) is 2.37. The SMILES string of the molecule is CCCCOCC(CC)(CC#N)CCCC1CC1. The highest BCUT2D eigenvalue weighted by Gasteiger charge is 2.29. The minimum absolute atomic E-state index is 0.122. The molecule has 0 spiro atoms. The molecule has 2 nitrogen and oxygen atoms in total. The molecule has 0 aromatic carbocycles. The van der Waals surface area contributed by atoms with Crippen LogP contribution in [-0.4, -0.2) is 13.2 Å². The Morgan fingerprint density at radius 3 is 2.61 bits per heavy atom. The first kappa shape index (κ1) is 15.5. The van der Waals surface area contributed by atoms with Crippen molar-refractivity contribution < 1.29 is 4.74 Å². The minimum atomic E-state index is 0.122. The van der Waals surface area contributed by atoms with E-state index in [-0.39, 0.29) is 5.41 Å². The van der Waals surface area contributed by atoms with Crippen molar-refractivity contribution in [3.63, 3.8) is 0 Å². The molecule has 1 aliphatic carbocycles. The second kappa shape index (κ2) is 8.53. The second-order valence-corrected chi connectivity index (χ2v) is 5.93. The van der Waals surface area contributed by atoms with Crippen LogP contribution in [0.15, 0.2) is 0 Å². The predicted octanol–water partition coefficient (Wildman–Crippen LogP) is 4.69. The van der Waals surface area contributed by atoms with Crippen LogP contribution in [-0.2, 0) is 4.74 Å². The van der Waals surface area contributed by atoms with E-state index < -0.39 is 0 Å². The average molecular weight is 251 g/mol. The number of ether oxygens (including phenoxy) is 1. The molecular formula is C16H29NO. The Labute approximate surface area is 113 Å². The van der Waals surface area contributed by atoms with Crippen molar-refractivity contribution in [3.05, 3.63) is 0 Å². The number of rotatable bonds is 11. The van der Waals surface area contributed by atoms with Gasteiger partial charge in [0.25, 0.3) is 0 Å². The Morgan fingerprint density at radius 1 is 1.28 bits per heavy atom. The van der Waals surface area contributed by atoms with Gasteiger partial charge in [0.05, 0.1) is 12.7 Å². The van der Waals surface area contributed by atoms with Crippen molar-refractivity contribution in [3.8, 4) is 6.07 Å². The fraction of sp³-hybridized carbons (Fsp3) is 0.938. The van der Waals surface area contributed by atoms with Gasteiger partial charge in [-0.25, -0.2) is 0 Å². The third-order valence-electron chi connectivity index (χ3n) is 4.27. The molecule has 0 N–H and O–H groups in total. The first-order valence-corrected chi connectivity index (χ1v) is 7.71. The number of nitriles is 1. The van der Waals surface area contributed by atoms with Crippen LogP contribution in [0, 0.1) is 22.7 Å². The number of unbranched alkanes of at least 4 members (excludes halogenated alkanes) is 1. The summed E-state index contributed by atoms with van der Waals surface area (Å²) in [5.41, 5.74) is 0.122. The first-order valence-electron chi connectivity index (χ1n) is 7.71. The van der Waals surface area contributed by atoms with Crippen LogP contribution in [0.4, 0.5) is 0 Å². The Hall–Kier alpha value is -0.550. The van der Waals surface area contributed by atoms with Gasteiger partial charge >= 0.3 is 0 Å². The van der Waals surface area contributed by atoms with Gasteiger partial charge in [0.2, 0.25) is 0 Å². The molecule has 0 saturated heterocycles. The molecule has 0 bridgehead atoms. The summed E-state index contributed by atoms with van der Waals surface area (Å²) in [4.78, 5) is 0. The molecule has 0 aromatic heterocycles. The second-order valence-electron chi connectivity index (χ2n) is 5.93. The quantitative estimate of drug-likeness (QED) is 0.499. The van der Waals surface area contributed by atoms with E-state index in [9.17, 15) is 0 Å². The van der Waals surface area contributed by atoms with E-state index in [0.29, 0.717) is 6.42 Å². The van der Waals surface area contributed by atoms with Crippen molar-refractivity contribution in [2.75, 3.05) is 13.2 Å². The molecule has 18 heavy (non-hydrogen) atoms. The smallest absolute Gasteiger partial charge is 0.0628 e. The Bertz CT molecular complexity index is 254. The minimum Gasteiger partial charge on any atom is -0.381 e. The Balaban J connectivity index is 2.31. The molecule has 104 valence electrons. The van der Waals surface area contributed by atoms with Gasteiger partial charge in [-0.1, -0.05) is 46.0 Å². The van der Waals surface area contributed by atoms with Crippen LogP contribution >= 0.6 is 0 Å². The molecule has 0 radical (unpaired) electrons. The zero-order chi connectivity index (χ0) is 13.3. The summed E-state index contributed by atoms with van der Waals surface area (Å²) < 4.78 is 5.81. The van der Waals surface area contributed by atoms with Gasteiger partial charge in [0.1, 0.15) is 0 Å². The molecule has 1 unspecified atom stereocenters. The van der Waals surface area contributed by atoms with E-state index in [1.165, 1.54) is 38.5 Å². The van der Waals surface area contributed by atoms with Crippen LogP contribution in [0.1, 0.15) is 71.6 Å². The van der Waals surface area contributed by atoms with E-state index in [0.717, 1.165) is 32.0 Å². The first-order chi connectivity index (χ1) is 8.76. The van der Waals surface area contributed by atoms with Crippen molar-refractivity contribution in [2.24, 2.45) is 11.3 Å². The van der Waals surface area contributed by atoms with Crippen LogP contribution in [0.3, 0.4) is 0 Å². The largest absolute Gasteiger partial charge is 0.381 e. The van der Waals surface area contributed by atoms with E-state index in [1.807, 2.05) is 0 Å². The summed E-state index contributed by atoms with van der Waals surface area (Å²) in [6.07, 6.45) is 10.7. The molecular weight excluding hydrogens is 222 g/mol. The maximum atomic E-state index is 9.05. The van der Waals surface area contributed by atoms with Crippen molar-refractivity contribution in [2.45, 2.75) is 71.6 Å². The predicted molar refractivity (Wildman–Crippen MR) is 75.3 cm³/mol. The summed E-state index contributed by atoms with van der Waals surface area (Å²) in [6.45, 7) is 6.02. The third kappa shape index (κ3) is 5.87. The average Bonchev–Trinajstić information content (AvgIpc) is 3.18. The summed E-state index contributed by atoms with van der Waals surface area (Å²) in [7, 11) is 0. The van der Waals surface area contributed by atoms with Gasteiger partial charge in [0.15, 0.2) is 0 Å². The molecule has 1 aliphatic rings. The zero-order valence-corrected chi connectivity index (χ0v) is 12.2. The van der Waals surface area contributed by atoms with Gasteiger partial charge in [0, 0.05) is 18.4 Å². The number of hydrogen-bond donors (Lipinski definition) is 0. The maximum Gasteiger partial charge on any atom is 0.0628 e. The molecule has 0 aliphatic heterocycles. The van der Waals surface area contributed by atoms with Crippen LogP contribution < -0.4 is 0 Å². The molecule has 0 amide bonds. The molecule has 1 saturated carbocycles. The van der Waals surface area contributed by atoms with Gasteiger partial charge in [-0.05, 0) is 25.2 Å². The van der Waals surface area contributed by atoms with Gasteiger partial charge < -0.3 is 4.74 Å². The lowest BCUT2D eigenvalue weighted by Gasteiger charge is -2.30. The van der Waals surface area contributed by atoms with E-state index in [1.54, 1.807) is 0 Å². The highest BCUT2D eigenvalue weighted by atomic mass is 16.5. The molecule has 2 heteroatoms.